The van der Waals surface area contributed by atoms with Gasteiger partial charge < -0.3 is 0 Å². The lowest BCUT2D eigenvalue weighted by molar-refractivity contribution is -0.660. The molecule has 0 radical (unpaired) electrons. The Kier molecular flexibility index (Phi) is 3.81. The molecule has 1 aromatic carbocycles. The fourth-order valence-electron chi connectivity index (χ4n) is 2.40. The van der Waals surface area contributed by atoms with Crippen molar-refractivity contribution in [3.05, 3.63) is 53.7 Å². The van der Waals surface area contributed by atoms with Gasteiger partial charge in [-0.15, -0.1) is 0 Å². The van der Waals surface area contributed by atoms with Gasteiger partial charge in [-0.05, 0) is 37.0 Å². The zero-order chi connectivity index (χ0) is 13.1. The van der Waals surface area contributed by atoms with E-state index in [-0.39, 0.29) is 0 Å². The average Bonchev–Trinajstić information content (AvgIpc) is 2.30. The maximum atomic E-state index is 2.26. The lowest BCUT2D eigenvalue weighted by atomic mass is 10.0. The number of hydrogen-bond acceptors (Lipinski definition) is 0. The van der Waals surface area contributed by atoms with Crippen LogP contribution in [0.2, 0.25) is 0 Å². The Morgan fingerprint density at radius 3 is 2.39 bits per heavy atom. The van der Waals surface area contributed by atoms with Crippen LogP contribution in [0.4, 0.5) is 0 Å². The van der Waals surface area contributed by atoms with Crippen LogP contribution in [0.3, 0.4) is 0 Å². The van der Waals surface area contributed by atoms with Crippen molar-refractivity contribution < 1.29 is 4.57 Å². The van der Waals surface area contributed by atoms with E-state index in [9.17, 15) is 0 Å². The highest BCUT2D eigenvalue weighted by atomic mass is 14.9. The predicted molar refractivity (Wildman–Crippen MR) is 76.3 cm³/mol. The van der Waals surface area contributed by atoms with E-state index in [0.29, 0.717) is 5.92 Å². The molecule has 0 spiro atoms. The van der Waals surface area contributed by atoms with Crippen molar-refractivity contribution in [2.24, 2.45) is 13.0 Å². The van der Waals surface area contributed by atoms with Gasteiger partial charge in [0.05, 0.1) is 0 Å². The first-order valence-electron chi connectivity index (χ1n) is 6.62. The van der Waals surface area contributed by atoms with Crippen LogP contribution in [0.1, 0.15) is 25.0 Å². The summed E-state index contributed by atoms with van der Waals surface area (Å²) in [5.74, 6) is 0.703. The second-order valence-corrected chi connectivity index (χ2v) is 5.45. The summed E-state index contributed by atoms with van der Waals surface area (Å²) < 4.78 is 2.24. The first kappa shape index (κ1) is 12.8. The molecule has 18 heavy (non-hydrogen) atoms. The lowest BCUT2D eigenvalue weighted by Gasteiger charge is -2.07. The van der Waals surface area contributed by atoms with Crippen molar-refractivity contribution >= 4 is 0 Å². The monoisotopic (exact) mass is 240 g/mol. The standard InChI is InChI=1S/C17H22N/c1-13(2)11-15-9-10-17(18(4)12-15)16-8-6-5-7-14(16)3/h5-10,12-13H,11H2,1-4H3/q+1. The van der Waals surface area contributed by atoms with E-state index in [1.807, 2.05) is 0 Å². The Morgan fingerprint density at radius 2 is 1.78 bits per heavy atom. The van der Waals surface area contributed by atoms with Crippen molar-refractivity contribution in [3.8, 4) is 11.3 Å². The minimum absolute atomic E-state index is 0.703. The van der Waals surface area contributed by atoms with E-state index in [2.05, 4.69) is 75.0 Å². The number of rotatable bonds is 3. The van der Waals surface area contributed by atoms with Crippen LogP contribution in [-0.4, -0.2) is 0 Å². The zero-order valence-corrected chi connectivity index (χ0v) is 11.8. The summed E-state index contributed by atoms with van der Waals surface area (Å²) in [6, 6.07) is 13.0. The van der Waals surface area contributed by atoms with Crippen molar-refractivity contribution in [2.45, 2.75) is 27.2 Å². The predicted octanol–water partition coefficient (Wildman–Crippen LogP) is 3.69. The Morgan fingerprint density at radius 1 is 1.06 bits per heavy atom. The Balaban J connectivity index is 2.39. The van der Waals surface area contributed by atoms with Crippen molar-refractivity contribution in [1.82, 2.24) is 0 Å². The molecule has 0 aliphatic carbocycles. The van der Waals surface area contributed by atoms with Gasteiger partial charge in [-0.3, -0.25) is 0 Å². The number of nitrogens with zero attached hydrogens (tertiary/aromatic N) is 1. The number of hydrogen-bond donors (Lipinski definition) is 0. The highest BCUT2D eigenvalue weighted by molar-refractivity contribution is 5.60. The zero-order valence-electron chi connectivity index (χ0n) is 11.8. The molecule has 0 saturated heterocycles. The second-order valence-electron chi connectivity index (χ2n) is 5.45. The molecule has 0 aliphatic rings. The molecule has 0 saturated carbocycles. The third-order valence-electron chi connectivity index (χ3n) is 3.26. The molecular weight excluding hydrogens is 218 g/mol. The fourth-order valence-corrected chi connectivity index (χ4v) is 2.40. The summed E-state index contributed by atoms with van der Waals surface area (Å²) in [5.41, 5.74) is 5.33. The smallest absolute Gasteiger partial charge is 0.201 e. The largest absolute Gasteiger partial charge is 0.212 e. The first-order valence-corrected chi connectivity index (χ1v) is 6.62. The first-order chi connectivity index (χ1) is 8.58. The molecule has 1 aromatic heterocycles. The average molecular weight is 240 g/mol. The number of aromatic nitrogens is 1. The molecule has 0 fully saturated rings. The molecule has 1 nitrogen and oxygen atoms in total. The van der Waals surface area contributed by atoms with E-state index in [0.717, 1.165) is 6.42 Å². The van der Waals surface area contributed by atoms with E-state index in [4.69, 9.17) is 0 Å². The summed E-state index contributed by atoms with van der Waals surface area (Å²) >= 11 is 0. The number of pyridine rings is 1. The van der Waals surface area contributed by atoms with Crippen molar-refractivity contribution in [2.75, 3.05) is 0 Å². The molecule has 0 bridgehead atoms. The molecule has 2 rings (SSSR count). The van der Waals surface area contributed by atoms with E-state index in [1.54, 1.807) is 0 Å². The molecule has 1 heteroatoms. The minimum atomic E-state index is 0.703. The van der Waals surface area contributed by atoms with Gasteiger partial charge in [0.2, 0.25) is 5.69 Å². The summed E-state index contributed by atoms with van der Waals surface area (Å²) in [7, 11) is 2.13. The SMILES string of the molecule is Cc1ccccc1-c1ccc(CC(C)C)c[n+]1C. The van der Waals surface area contributed by atoms with Gasteiger partial charge in [0.25, 0.3) is 0 Å². The van der Waals surface area contributed by atoms with Crippen LogP contribution in [0.15, 0.2) is 42.6 Å². The van der Waals surface area contributed by atoms with Crippen LogP contribution in [0, 0.1) is 12.8 Å². The number of aryl methyl sites for hydroxylation is 2. The topological polar surface area (TPSA) is 3.88 Å². The van der Waals surface area contributed by atoms with Gasteiger partial charge in [0.1, 0.15) is 7.05 Å². The molecule has 0 aliphatic heterocycles. The Labute approximate surface area is 110 Å². The highest BCUT2D eigenvalue weighted by Crippen LogP contribution is 2.20. The summed E-state index contributed by atoms with van der Waals surface area (Å²) in [5, 5.41) is 0. The third-order valence-corrected chi connectivity index (χ3v) is 3.26. The quantitative estimate of drug-likeness (QED) is 0.720. The second kappa shape index (κ2) is 5.34. The molecule has 94 valence electrons. The van der Waals surface area contributed by atoms with Gasteiger partial charge >= 0.3 is 0 Å². The van der Waals surface area contributed by atoms with E-state index >= 15 is 0 Å². The van der Waals surface area contributed by atoms with E-state index < -0.39 is 0 Å². The maximum absolute atomic E-state index is 2.26. The van der Waals surface area contributed by atoms with Gasteiger partial charge in [0.15, 0.2) is 6.20 Å². The Bertz CT molecular complexity index is 541. The lowest BCUT2D eigenvalue weighted by Crippen LogP contribution is -2.31. The molecule has 1 heterocycles. The van der Waals surface area contributed by atoms with Crippen LogP contribution < -0.4 is 4.57 Å². The molecule has 0 N–H and O–H groups in total. The molecule has 0 amide bonds. The summed E-state index contributed by atoms with van der Waals surface area (Å²) in [6.07, 6.45) is 3.39. The van der Waals surface area contributed by atoms with Crippen molar-refractivity contribution in [1.29, 1.82) is 0 Å². The van der Waals surface area contributed by atoms with E-state index in [1.165, 1.54) is 22.4 Å². The summed E-state index contributed by atoms with van der Waals surface area (Å²) in [6.45, 7) is 6.68. The normalized spacial score (nSPS) is 10.9. The molecule has 2 aromatic rings. The van der Waals surface area contributed by atoms with Crippen LogP contribution in [0.25, 0.3) is 11.3 Å². The molecule has 0 atom stereocenters. The molecule has 0 unspecified atom stereocenters. The number of benzene rings is 1. The third kappa shape index (κ3) is 2.79. The molecular formula is C17H22N+. The van der Waals surface area contributed by atoms with Crippen molar-refractivity contribution in [3.63, 3.8) is 0 Å². The van der Waals surface area contributed by atoms with Crippen LogP contribution >= 0.6 is 0 Å². The maximum Gasteiger partial charge on any atom is 0.212 e. The minimum Gasteiger partial charge on any atom is -0.201 e. The van der Waals surface area contributed by atoms with Gasteiger partial charge in [-0.2, -0.15) is 0 Å². The van der Waals surface area contributed by atoms with Crippen LogP contribution in [-0.2, 0) is 13.5 Å². The summed E-state index contributed by atoms with van der Waals surface area (Å²) in [4.78, 5) is 0. The fraction of sp³-hybridized carbons (Fsp3) is 0.353. The van der Waals surface area contributed by atoms with Gasteiger partial charge in [-0.1, -0.05) is 32.0 Å². The highest BCUT2D eigenvalue weighted by Gasteiger charge is 2.12. The van der Waals surface area contributed by atoms with Gasteiger partial charge in [-0.25, -0.2) is 4.57 Å². The Hall–Kier alpha value is -1.63. The van der Waals surface area contributed by atoms with Crippen LogP contribution in [0.5, 0.6) is 0 Å². The van der Waals surface area contributed by atoms with Gasteiger partial charge in [0, 0.05) is 17.2 Å².